The van der Waals surface area contributed by atoms with Crippen LogP contribution in [0.4, 0.5) is 5.69 Å². The molecule has 7 heteroatoms. The molecule has 0 saturated carbocycles. The second-order valence-electron chi connectivity index (χ2n) is 3.30. The van der Waals surface area contributed by atoms with Crippen LogP contribution < -0.4 is 5.43 Å². The van der Waals surface area contributed by atoms with Crippen molar-refractivity contribution in [1.29, 1.82) is 5.26 Å². The Balaban J connectivity index is 2.88. The van der Waals surface area contributed by atoms with E-state index in [0.29, 0.717) is 11.4 Å². The molecule has 0 aromatic heterocycles. The van der Waals surface area contributed by atoms with E-state index in [9.17, 15) is 8.42 Å². The number of hydrogen-bond donors (Lipinski definition) is 2. The predicted octanol–water partition coefficient (Wildman–Crippen LogP) is 1.63. The fourth-order valence-electron chi connectivity index (χ4n) is 1.04. The van der Waals surface area contributed by atoms with E-state index in [4.69, 9.17) is 9.81 Å². The lowest BCUT2D eigenvalue weighted by Gasteiger charge is -2.03. The molecule has 90 valence electrons. The molecule has 1 aromatic rings. The van der Waals surface area contributed by atoms with Gasteiger partial charge in [-0.1, -0.05) is 6.07 Å². The summed E-state index contributed by atoms with van der Waals surface area (Å²) in [6.45, 7) is 1.67. The number of hydrogen-bond acceptors (Lipinski definition) is 5. The van der Waals surface area contributed by atoms with E-state index < -0.39 is 10.1 Å². The largest absolute Gasteiger partial charge is 0.294 e. The SMILES string of the molecule is C/C(CC#N)=N/Nc1cccc(S(=O)(=O)O)c1. The summed E-state index contributed by atoms with van der Waals surface area (Å²) in [4.78, 5) is -0.212. The van der Waals surface area contributed by atoms with Crippen molar-refractivity contribution in [2.45, 2.75) is 18.2 Å². The van der Waals surface area contributed by atoms with Crippen LogP contribution in [0.1, 0.15) is 13.3 Å². The smallest absolute Gasteiger partial charge is 0.282 e. The fourth-order valence-corrected chi connectivity index (χ4v) is 1.57. The maximum absolute atomic E-state index is 10.9. The van der Waals surface area contributed by atoms with Crippen LogP contribution in [0.15, 0.2) is 34.3 Å². The molecule has 0 fully saturated rings. The Morgan fingerprint density at radius 2 is 2.29 bits per heavy atom. The average molecular weight is 253 g/mol. The van der Waals surface area contributed by atoms with Gasteiger partial charge in [-0.05, 0) is 25.1 Å². The molecule has 6 nitrogen and oxygen atoms in total. The lowest BCUT2D eigenvalue weighted by Crippen LogP contribution is -2.00. The topological polar surface area (TPSA) is 103 Å². The average Bonchev–Trinajstić information content (AvgIpc) is 2.26. The molecule has 17 heavy (non-hydrogen) atoms. The van der Waals surface area contributed by atoms with Gasteiger partial charge in [-0.2, -0.15) is 18.8 Å². The van der Waals surface area contributed by atoms with Crippen LogP contribution in [0.2, 0.25) is 0 Å². The molecule has 2 N–H and O–H groups in total. The van der Waals surface area contributed by atoms with Gasteiger partial charge in [0, 0.05) is 5.71 Å². The van der Waals surface area contributed by atoms with Gasteiger partial charge in [0.15, 0.2) is 0 Å². The minimum atomic E-state index is -4.21. The van der Waals surface area contributed by atoms with Crippen molar-refractivity contribution < 1.29 is 13.0 Å². The molecule has 0 atom stereocenters. The molecule has 0 bridgehead atoms. The summed E-state index contributed by atoms with van der Waals surface area (Å²) in [6.07, 6.45) is 0.186. The van der Waals surface area contributed by atoms with Crippen LogP contribution in [0, 0.1) is 11.3 Å². The van der Waals surface area contributed by atoms with Gasteiger partial charge >= 0.3 is 0 Å². The van der Waals surface area contributed by atoms with E-state index in [1.807, 2.05) is 6.07 Å². The molecule has 0 spiro atoms. The summed E-state index contributed by atoms with van der Waals surface area (Å²) < 4.78 is 30.6. The highest BCUT2D eigenvalue weighted by atomic mass is 32.2. The molecule has 0 amide bonds. The summed E-state index contributed by atoms with van der Waals surface area (Å²) in [6, 6.07) is 7.52. The van der Waals surface area contributed by atoms with E-state index in [0.717, 1.165) is 0 Å². The Morgan fingerprint density at radius 1 is 1.59 bits per heavy atom. The zero-order valence-corrected chi connectivity index (χ0v) is 9.90. The quantitative estimate of drug-likeness (QED) is 0.482. The Morgan fingerprint density at radius 3 is 2.88 bits per heavy atom. The first-order chi connectivity index (χ1) is 7.93. The molecule has 0 aliphatic heterocycles. The van der Waals surface area contributed by atoms with Crippen molar-refractivity contribution in [3.63, 3.8) is 0 Å². The molecule has 0 aliphatic carbocycles. The predicted molar refractivity (Wildman–Crippen MR) is 63.2 cm³/mol. The van der Waals surface area contributed by atoms with Gasteiger partial charge in [0.2, 0.25) is 0 Å². The summed E-state index contributed by atoms with van der Waals surface area (Å²) >= 11 is 0. The third-order valence-electron chi connectivity index (χ3n) is 1.84. The first-order valence-corrected chi connectivity index (χ1v) is 6.11. The maximum atomic E-state index is 10.9. The monoisotopic (exact) mass is 253 g/mol. The minimum absolute atomic E-state index is 0.186. The third kappa shape index (κ3) is 4.22. The van der Waals surface area contributed by atoms with Crippen LogP contribution >= 0.6 is 0 Å². The van der Waals surface area contributed by atoms with Gasteiger partial charge < -0.3 is 0 Å². The Hall–Kier alpha value is -1.91. The van der Waals surface area contributed by atoms with Gasteiger partial charge in [-0.25, -0.2) is 0 Å². The second-order valence-corrected chi connectivity index (χ2v) is 4.72. The van der Waals surface area contributed by atoms with Gasteiger partial charge in [0.25, 0.3) is 10.1 Å². The molecule has 0 saturated heterocycles. The molecule has 1 aromatic carbocycles. The Labute approximate surface area is 99.3 Å². The van der Waals surface area contributed by atoms with Crippen molar-refractivity contribution in [3.8, 4) is 6.07 Å². The molecule has 0 radical (unpaired) electrons. The van der Waals surface area contributed by atoms with E-state index in [2.05, 4.69) is 10.5 Å². The van der Waals surface area contributed by atoms with Crippen molar-refractivity contribution >= 4 is 21.5 Å². The summed E-state index contributed by atoms with van der Waals surface area (Å²) in [5, 5.41) is 12.3. The van der Waals surface area contributed by atoms with Gasteiger partial charge in [0.05, 0.1) is 23.1 Å². The molecule has 0 unspecified atom stereocenters. The fraction of sp³-hybridized carbons (Fsp3) is 0.200. The van der Waals surface area contributed by atoms with E-state index >= 15 is 0 Å². The molecular weight excluding hydrogens is 242 g/mol. The highest BCUT2D eigenvalue weighted by Crippen LogP contribution is 2.14. The van der Waals surface area contributed by atoms with Crippen molar-refractivity contribution in [2.75, 3.05) is 5.43 Å². The summed E-state index contributed by atoms with van der Waals surface area (Å²) in [5.74, 6) is 0. The van der Waals surface area contributed by atoms with Crippen LogP contribution in [0.5, 0.6) is 0 Å². The number of benzene rings is 1. The normalized spacial score (nSPS) is 11.9. The number of hydrazone groups is 1. The summed E-state index contributed by atoms with van der Waals surface area (Å²) in [5.41, 5.74) is 3.59. The molecule has 0 aliphatic rings. The third-order valence-corrected chi connectivity index (χ3v) is 2.69. The lowest BCUT2D eigenvalue weighted by atomic mass is 10.3. The van der Waals surface area contributed by atoms with Crippen molar-refractivity contribution in [3.05, 3.63) is 24.3 Å². The number of anilines is 1. The van der Waals surface area contributed by atoms with Gasteiger partial charge in [-0.15, -0.1) is 0 Å². The lowest BCUT2D eigenvalue weighted by molar-refractivity contribution is 0.483. The van der Waals surface area contributed by atoms with E-state index in [1.54, 1.807) is 13.0 Å². The van der Waals surface area contributed by atoms with Gasteiger partial charge in [0.1, 0.15) is 0 Å². The van der Waals surface area contributed by atoms with Crippen LogP contribution in [0.25, 0.3) is 0 Å². The Bertz CT molecular complexity index is 573. The van der Waals surface area contributed by atoms with Crippen molar-refractivity contribution in [1.82, 2.24) is 0 Å². The number of nitrogens with zero attached hydrogens (tertiary/aromatic N) is 2. The number of rotatable bonds is 4. The highest BCUT2D eigenvalue weighted by molar-refractivity contribution is 7.85. The Kier molecular flexibility index (Phi) is 4.20. The minimum Gasteiger partial charge on any atom is -0.282 e. The van der Waals surface area contributed by atoms with E-state index in [1.165, 1.54) is 18.2 Å². The first kappa shape index (κ1) is 13.2. The standard InChI is InChI=1S/C10H11N3O3S/c1-8(5-6-11)12-13-9-3-2-4-10(7-9)17(14,15)16/h2-4,7,13H,5H2,1H3,(H,14,15,16)/b12-8-. The molecular formula is C10H11N3O3S. The first-order valence-electron chi connectivity index (χ1n) is 4.67. The highest BCUT2D eigenvalue weighted by Gasteiger charge is 2.09. The van der Waals surface area contributed by atoms with E-state index in [-0.39, 0.29) is 11.3 Å². The van der Waals surface area contributed by atoms with Gasteiger partial charge in [-0.3, -0.25) is 9.98 Å². The van der Waals surface area contributed by atoms with Crippen LogP contribution in [-0.4, -0.2) is 18.7 Å². The summed E-state index contributed by atoms with van der Waals surface area (Å²) in [7, 11) is -4.21. The maximum Gasteiger partial charge on any atom is 0.294 e. The number of nitrogens with one attached hydrogen (secondary N) is 1. The zero-order valence-electron chi connectivity index (χ0n) is 9.08. The second kappa shape index (κ2) is 5.43. The van der Waals surface area contributed by atoms with Crippen molar-refractivity contribution in [2.24, 2.45) is 5.10 Å². The van der Waals surface area contributed by atoms with Crippen LogP contribution in [0.3, 0.4) is 0 Å². The van der Waals surface area contributed by atoms with Crippen LogP contribution in [-0.2, 0) is 10.1 Å². The number of nitriles is 1. The zero-order chi connectivity index (χ0) is 12.9. The molecule has 1 rings (SSSR count). The molecule has 0 heterocycles.